The molecule has 0 aliphatic carbocycles. The topological polar surface area (TPSA) is 57.7 Å². The molecule has 32 heavy (non-hydrogen) atoms. The number of pyridine rings is 1. The van der Waals surface area contributed by atoms with Gasteiger partial charge in [0.2, 0.25) is 0 Å². The summed E-state index contributed by atoms with van der Waals surface area (Å²) < 4.78 is 5.27. The first-order valence-electron chi connectivity index (χ1n) is 11.4. The molecule has 1 saturated heterocycles. The van der Waals surface area contributed by atoms with Crippen LogP contribution in [-0.2, 0) is 0 Å². The van der Waals surface area contributed by atoms with Crippen molar-refractivity contribution in [2.75, 3.05) is 49.6 Å². The molecule has 0 radical (unpaired) electrons. The molecule has 6 heteroatoms. The highest BCUT2D eigenvalue weighted by Crippen LogP contribution is 2.26. The maximum Gasteiger partial charge on any atom is 0.252 e. The largest absolute Gasteiger partial charge is 0.497 e. The molecule has 0 atom stereocenters. The highest BCUT2D eigenvalue weighted by molar-refractivity contribution is 6.07. The molecule has 3 aromatic rings. The number of fused-ring (bicyclic) bond motifs is 1. The van der Waals surface area contributed by atoms with Gasteiger partial charge in [0, 0.05) is 43.8 Å². The predicted octanol–water partition coefficient (Wildman–Crippen LogP) is 4.35. The van der Waals surface area contributed by atoms with E-state index in [1.165, 1.54) is 5.69 Å². The van der Waals surface area contributed by atoms with E-state index < -0.39 is 0 Å². The Morgan fingerprint density at radius 3 is 2.41 bits per heavy atom. The summed E-state index contributed by atoms with van der Waals surface area (Å²) in [6.45, 7) is 8.52. The lowest BCUT2D eigenvalue weighted by Crippen LogP contribution is -2.47. The van der Waals surface area contributed by atoms with Gasteiger partial charge in [-0.15, -0.1) is 0 Å². The number of aromatic nitrogens is 1. The van der Waals surface area contributed by atoms with Crippen LogP contribution in [0.25, 0.3) is 10.9 Å². The number of ether oxygens (including phenoxy) is 1. The number of carbonyl (C=O) groups excluding carboxylic acids is 1. The first-order valence-corrected chi connectivity index (χ1v) is 11.4. The quantitative estimate of drug-likeness (QED) is 0.602. The van der Waals surface area contributed by atoms with Crippen LogP contribution in [-0.4, -0.2) is 50.7 Å². The summed E-state index contributed by atoms with van der Waals surface area (Å²) in [6.07, 6.45) is 0.967. The van der Waals surface area contributed by atoms with Crippen LogP contribution >= 0.6 is 0 Å². The molecule has 0 unspecified atom stereocenters. The monoisotopic (exact) mass is 432 g/mol. The first kappa shape index (κ1) is 21.9. The molecule has 0 saturated carbocycles. The van der Waals surface area contributed by atoms with Crippen molar-refractivity contribution in [3.8, 4) is 5.75 Å². The predicted molar refractivity (Wildman–Crippen MR) is 131 cm³/mol. The molecule has 2 heterocycles. The molecule has 1 fully saturated rings. The minimum absolute atomic E-state index is 0.0256. The van der Waals surface area contributed by atoms with Gasteiger partial charge in [0.25, 0.3) is 5.91 Å². The first-order chi connectivity index (χ1) is 15.5. The molecule has 6 nitrogen and oxygen atoms in total. The Labute approximate surface area is 190 Å². The Hall–Kier alpha value is -3.28. The molecule has 1 N–H and O–H groups in total. The van der Waals surface area contributed by atoms with E-state index in [9.17, 15) is 4.79 Å². The van der Waals surface area contributed by atoms with Crippen molar-refractivity contribution in [2.24, 2.45) is 5.92 Å². The van der Waals surface area contributed by atoms with Crippen molar-refractivity contribution in [3.05, 3.63) is 60.2 Å². The van der Waals surface area contributed by atoms with Crippen molar-refractivity contribution in [1.82, 2.24) is 10.3 Å². The van der Waals surface area contributed by atoms with Gasteiger partial charge in [0.05, 0.1) is 18.2 Å². The van der Waals surface area contributed by atoms with Gasteiger partial charge in [-0.05, 0) is 48.7 Å². The SMILES string of the molecule is COc1ccc(N2CCN(c3cc(C(=O)NCCC(C)C)c4ccccc4n3)CC2)cc1. The third-order valence-electron chi connectivity index (χ3n) is 6.00. The Kier molecular flexibility index (Phi) is 6.78. The minimum Gasteiger partial charge on any atom is -0.497 e. The fourth-order valence-electron chi connectivity index (χ4n) is 4.07. The number of hydrogen-bond donors (Lipinski definition) is 1. The molecule has 2 aromatic carbocycles. The third kappa shape index (κ3) is 4.96. The summed E-state index contributed by atoms with van der Waals surface area (Å²) in [5.41, 5.74) is 2.76. The summed E-state index contributed by atoms with van der Waals surface area (Å²) in [5, 5.41) is 3.99. The number of methoxy groups -OCH3 is 1. The summed E-state index contributed by atoms with van der Waals surface area (Å²) in [7, 11) is 1.68. The summed E-state index contributed by atoms with van der Waals surface area (Å²) in [6, 6.07) is 18.0. The summed E-state index contributed by atoms with van der Waals surface area (Å²) in [5.74, 6) is 2.27. The Morgan fingerprint density at radius 1 is 1.03 bits per heavy atom. The van der Waals surface area contributed by atoms with Gasteiger partial charge in [-0.1, -0.05) is 32.0 Å². The summed E-state index contributed by atoms with van der Waals surface area (Å²) in [4.78, 5) is 22.5. The molecule has 168 valence electrons. The molecule has 4 rings (SSSR count). The second-order valence-corrected chi connectivity index (χ2v) is 8.66. The van der Waals surface area contributed by atoms with Gasteiger partial charge < -0.3 is 19.9 Å². The average Bonchev–Trinajstić information content (AvgIpc) is 2.83. The molecule has 1 aliphatic heterocycles. The van der Waals surface area contributed by atoms with Gasteiger partial charge in [-0.25, -0.2) is 4.98 Å². The summed E-state index contributed by atoms with van der Waals surface area (Å²) >= 11 is 0. The lowest BCUT2D eigenvalue weighted by Gasteiger charge is -2.37. The molecule has 1 aromatic heterocycles. The molecular formula is C26H32N4O2. The van der Waals surface area contributed by atoms with Gasteiger partial charge in [0.15, 0.2) is 0 Å². The van der Waals surface area contributed by atoms with E-state index in [0.29, 0.717) is 18.0 Å². The van der Waals surface area contributed by atoms with Gasteiger partial charge in [-0.2, -0.15) is 0 Å². The van der Waals surface area contributed by atoms with Crippen molar-refractivity contribution in [1.29, 1.82) is 0 Å². The number of para-hydroxylation sites is 1. The van der Waals surface area contributed by atoms with Crippen LogP contribution in [0, 0.1) is 5.92 Å². The van der Waals surface area contributed by atoms with E-state index >= 15 is 0 Å². The number of piperazine rings is 1. The Morgan fingerprint density at radius 2 is 1.72 bits per heavy atom. The number of nitrogens with zero attached hydrogens (tertiary/aromatic N) is 3. The average molecular weight is 433 g/mol. The maximum atomic E-state index is 13.0. The standard InChI is InChI=1S/C26H32N4O2/c1-19(2)12-13-27-26(31)23-18-25(28-24-7-5-4-6-22(23)24)30-16-14-29(15-17-30)20-8-10-21(32-3)11-9-20/h4-11,18-19H,12-17H2,1-3H3,(H,27,31). The number of amides is 1. The van der Waals surface area contributed by atoms with Crippen LogP contribution in [0.5, 0.6) is 5.75 Å². The third-order valence-corrected chi connectivity index (χ3v) is 6.00. The van der Waals surface area contributed by atoms with Crippen LogP contribution in [0.4, 0.5) is 11.5 Å². The van der Waals surface area contributed by atoms with Gasteiger partial charge in [-0.3, -0.25) is 4.79 Å². The highest BCUT2D eigenvalue weighted by atomic mass is 16.5. The molecule has 0 spiro atoms. The molecule has 1 amide bonds. The Balaban J connectivity index is 1.51. The lowest BCUT2D eigenvalue weighted by molar-refractivity contribution is 0.0953. The smallest absolute Gasteiger partial charge is 0.252 e. The number of rotatable bonds is 7. The minimum atomic E-state index is -0.0256. The van der Waals surface area contributed by atoms with Crippen molar-refractivity contribution >= 4 is 28.3 Å². The molecule has 1 aliphatic rings. The van der Waals surface area contributed by atoms with E-state index in [1.54, 1.807) is 7.11 Å². The second kappa shape index (κ2) is 9.90. The van der Waals surface area contributed by atoms with Crippen LogP contribution in [0.3, 0.4) is 0 Å². The molecular weight excluding hydrogens is 400 g/mol. The van der Waals surface area contributed by atoms with E-state index in [2.05, 4.69) is 41.1 Å². The van der Waals surface area contributed by atoms with Crippen LogP contribution < -0.4 is 19.9 Å². The zero-order valence-electron chi connectivity index (χ0n) is 19.2. The van der Waals surface area contributed by atoms with Crippen molar-refractivity contribution in [2.45, 2.75) is 20.3 Å². The van der Waals surface area contributed by atoms with E-state index in [-0.39, 0.29) is 5.91 Å². The zero-order chi connectivity index (χ0) is 22.5. The van der Waals surface area contributed by atoms with Crippen LogP contribution in [0.15, 0.2) is 54.6 Å². The lowest BCUT2D eigenvalue weighted by atomic mass is 10.1. The van der Waals surface area contributed by atoms with Crippen LogP contribution in [0.2, 0.25) is 0 Å². The fourth-order valence-corrected chi connectivity index (χ4v) is 4.07. The fraction of sp³-hybridized carbons (Fsp3) is 0.385. The second-order valence-electron chi connectivity index (χ2n) is 8.66. The van der Waals surface area contributed by atoms with Crippen molar-refractivity contribution < 1.29 is 9.53 Å². The highest BCUT2D eigenvalue weighted by Gasteiger charge is 2.21. The van der Waals surface area contributed by atoms with E-state index in [4.69, 9.17) is 9.72 Å². The van der Waals surface area contributed by atoms with E-state index in [0.717, 1.165) is 55.1 Å². The number of hydrogen-bond acceptors (Lipinski definition) is 5. The normalized spacial score (nSPS) is 14.1. The van der Waals surface area contributed by atoms with Crippen molar-refractivity contribution in [3.63, 3.8) is 0 Å². The van der Waals surface area contributed by atoms with E-state index in [1.807, 2.05) is 42.5 Å². The molecule has 0 bridgehead atoms. The zero-order valence-corrected chi connectivity index (χ0v) is 19.2. The Bertz CT molecular complexity index is 1060. The maximum absolute atomic E-state index is 13.0. The van der Waals surface area contributed by atoms with Gasteiger partial charge in [0.1, 0.15) is 11.6 Å². The van der Waals surface area contributed by atoms with Crippen LogP contribution in [0.1, 0.15) is 30.6 Å². The number of nitrogens with one attached hydrogen (secondary N) is 1. The van der Waals surface area contributed by atoms with Gasteiger partial charge >= 0.3 is 0 Å². The number of anilines is 2. The number of benzene rings is 2. The number of carbonyl (C=O) groups is 1.